The third-order valence-corrected chi connectivity index (χ3v) is 5.35. The number of nitrogens with zero attached hydrogens (tertiary/aromatic N) is 2. The van der Waals surface area contributed by atoms with E-state index in [1.165, 1.54) is 36.4 Å². The Kier molecular flexibility index (Phi) is 5.63. The average Bonchev–Trinajstić information content (AvgIpc) is 3.17. The van der Waals surface area contributed by atoms with Gasteiger partial charge < -0.3 is 9.47 Å². The Labute approximate surface area is 131 Å². The number of likely N-dealkylation sites (tertiary alicyclic amines) is 1. The van der Waals surface area contributed by atoms with Gasteiger partial charge in [0.25, 0.3) is 0 Å². The first kappa shape index (κ1) is 15.4. The molecule has 1 aromatic heterocycles. The molecule has 0 amide bonds. The van der Waals surface area contributed by atoms with Crippen molar-refractivity contribution in [1.82, 2.24) is 9.88 Å². The highest BCUT2D eigenvalue weighted by atomic mass is 32.1. The molecule has 2 aliphatic heterocycles. The van der Waals surface area contributed by atoms with E-state index in [2.05, 4.69) is 17.2 Å². The number of rotatable bonds is 6. The van der Waals surface area contributed by atoms with E-state index in [9.17, 15) is 0 Å². The number of hydrogen-bond donors (Lipinski definition) is 0. The smallest absolute Gasteiger partial charge is 0.160 e. The standard InChI is InChI=1S/C16H26N2O2S/c1-2-3-4-15-17-14(12-21-15)11-18-7-5-13(6-8-18)16-19-9-10-20-16/h12-13,16H,2-11H2,1H3. The van der Waals surface area contributed by atoms with Crippen molar-refractivity contribution in [2.24, 2.45) is 5.92 Å². The summed E-state index contributed by atoms with van der Waals surface area (Å²) in [6, 6.07) is 0. The van der Waals surface area contributed by atoms with Crippen molar-refractivity contribution in [2.45, 2.75) is 51.9 Å². The topological polar surface area (TPSA) is 34.6 Å². The van der Waals surface area contributed by atoms with Gasteiger partial charge in [-0.15, -0.1) is 11.3 Å². The lowest BCUT2D eigenvalue weighted by molar-refractivity contribution is -0.0978. The minimum atomic E-state index is 0.0621. The minimum absolute atomic E-state index is 0.0621. The van der Waals surface area contributed by atoms with Gasteiger partial charge in [0.15, 0.2) is 6.29 Å². The van der Waals surface area contributed by atoms with Crippen LogP contribution in [0.4, 0.5) is 0 Å². The molecule has 4 nitrogen and oxygen atoms in total. The van der Waals surface area contributed by atoms with Crippen LogP contribution in [0.1, 0.15) is 43.3 Å². The lowest BCUT2D eigenvalue weighted by Crippen LogP contribution is -2.37. The maximum absolute atomic E-state index is 5.64. The van der Waals surface area contributed by atoms with E-state index in [0.717, 1.165) is 39.3 Å². The summed E-state index contributed by atoms with van der Waals surface area (Å²) in [5.41, 5.74) is 1.25. The van der Waals surface area contributed by atoms with Crippen molar-refractivity contribution in [3.05, 3.63) is 16.1 Å². The zero-order chi connectivity index (χ0) is 14.5. The Morgan fingerprint density at radius 2 is 2.05 bits per heavy atom. The maximum Gasteiger partial charge on any atom is 0.160 e. The van der Waals surface area contributed by atoms with Gasteiger partial charge in [0, 0.05) is 17.8 Å². The van der Waals surface area contributed by atoms with Crippen LogP contribution >= 0.6 is 11.3 Å². The number of ether oxygens (including phenoxy) is 2. The van der Waals surface area contributed by atoms with Gasteiger partial charge in [-0.3, -0.25) is 4.90 Å². The highest BCUT2D eigenvalue weighted by Gasteiger charge is 2.30. The summed E-state index contributed by atoms with van der Waals surface area (Å²) in [4.78, 5) is 7.28. The highest BCUT2D eigenvalue weighted by molar-refractivity contribution is 7.09. The number of unbranched alkanes of at least 4 members (excludes halogenated alkanes) is 1. The van der Waals surface area contributed by atoms with E-state index in [1.54, 1.807) is 0 Å². The van der Waals surface area contributed by atoms with E-state index in [-0.39, 0.29) is 6.29 Å². The van der Waals surface area contributed by atoms with Crippen LogP contribution in [-0.4, -0.2) is 42.5 Å². The Bertz CT molecular complexity index is 424. The lowest BCUT2D eigenvalue weighted by Gasteiger charge is -2.33. The zero-order valence-electron chi connectivity index (χ0n) is 12.9. The minimum Gasteiger partial charge on any atom is -0.350 e. The monoisotopic (exact) mass is 310 g/mol. The van der Waals surface area contributed by atoms with E-state index >= 15 is 0 Å². The molecule has 21 heavy (non-hydrogen) atoms. The second kappa shape index (κ2) is 7.68. The van der Waals surface area contributed by atoms with Gasteiger partial charge >= 0.3 is 0 Å². The molecule has 2 aliphatic rings. The molecule has 0 aliphatic carbocycles. The highest BCUT2D eigenvalue weighted by Crippen LogP contribution is 2.26. The van der Waals surface area contributed by atoms with E-state index in [0.29, 0.717) is 5.92 Å². The molecule has 118 valence electrons. The maximum atomic E-state index is 5.64. The molecular formula is C16H26N2O2S. The summed E-state index contributed by atoms with van der Waals surface area (Å²) < 4.78 is 11.3. The first-order valence-corrected chi connectivity index (χ1v) is 9.12. The molecule has 1 aromatic rings. The summed E-state index contributed by atoms with van der Waals surface area (Å²) >= 11 is 1.82. The van der Waals surface area contributed by atoms with Crippen LogP contribution in [0.2, 0.25) is 0 Å². The molecule has 0 saturated carbocycles. The molecule has 3 rings (SSSR count). The van der Waals surface area contributed by atoms with Gasteiger partial charge in [0.1, 0.15) is 0 Å². The van der Waals surface area contributed by atoms with Crippen molar-refractivity contribution in [2.75, 3.05) is 26.3 Å². The van der Waals surface area contributed by atoms with Gasteiger partial charge in [-0.25, -0.2) is 4.98 Å². The number of hydrogen-bond acceptors (Lipinski definition) is 5. The van der Waals surface area contributed by atoms with Crippen molar-refractivity contribution < 1.29 is 9.47 Å². The van der Waals surface area contributed by atoms with Crippen LogP contribution in [0.25, 0.3) is 0 Å². The molecular weight excluding hydrogens is 284 g/mol. The Morgan fingerprint density at radius 1 is 1.29 bits per heavy atom. The van der Waals surface area contributed by atoms with Crippen molar-refractivity contribution in [1.29, 1.82) is 0 Å². The van der Waals surface area contributed by atoms with Crippen LogP contribution in [-0.2, 0) is 22.4 Å². The fourth-order valence-corrected chi connectivity index (χ4v) is 3.96. The Hall–Kier alpha value is -0.490. The third kappa shape index (κ3) is 4.25. The molecule has 2 fully saturated rings. The molecule has 0 N–H and O–H groups in total. The molecule has 2 saturated heterocycles. The molecule has 0 unspecified atom stereocenters. The summed E-state index contributed by atoms with van der Waals surface area (Å²) in [7, 11) is 0. The second-order valence-corrected chi connectivity index (χ2v) is 7.00. The summed E-state index contributed by atoms with van der Waals surface area (Å²) in [5.74, 6) is 0.583. The number of aryl methyl sites for hydroxylation is 1. The normalized spacial score (nSPS) is 22.1. The van der Waals surface area contributed by atoms with Crippen LogP contribution in [0.5, 0.6) is 0 Å². The molecule has 0 bridgehead atoms. The Morgan fingerprint density at radius 3 is 2.76 bits per heavy atom. The van der Waals surface area contributed by atoms with Gasteiger partial charge in [0.2, 0.25) is 0 Å². The first-order valence-electron chi connectivity index (χ1n) is 8.24. The van der Waals surface area contributed by atoms with Crippen molar-refractivity contribution in [3.63, 3.8) is 0 Å². The summed E-state index contributed by atoms with van der Waals surface area (Å²) in [6.45, 7) is 7.04. The van der Waals surface area contributed by atoms with Crippen LogP contribution in [0.3, 0.4) is 0 Å². The van der Waals surface area contributed by atoms with Gasteiger partial charge in [-0.05, 0) is 38.8 Å². The van der Waals surface area contributed by atoms with Crippen LogP contribution in [0.15, 0.2) is 5.38 Å². The quantitative estimate of drug-likeness (QED) is 0.809. The largest absolute Gasteiger partial charge is 0.350 e. The van der Waals surface area contributed by atoms with E-state index in [1.807, 2.05) is 11.3 Å². The molecule has 0 aromatic carbocycles. The van der Waals surface area contributed by atoms with Crippen molar-refractivity contribution >= 4 is 11.3 Å². The van der Waals surface area contributed by atoms with Crippen LogP contribution < -0.4 is 0 Å². The first-order chi connectivity index (χ1) is 10.3. The SMILES string of the molecule is CCCCc1nc(CN2CCC(C3OCCO3)CC2)cs1. The fraction of sp³-hybridized carbons (Fsp3) is 0.812. The number of aromatic nitrogens is 1. The lowest BCUT2D eigenvalue weighted by atomic mass is 9.96. The molecule has 0 atom stereocenters. The predicted molar refractivity (Wildman–Crippen MR) is 84.4 cm³/mol. The molecule has 3 heterocycles. The number of thiazole rings is 1. The van der Waals surface area contributed by atoms with Gasteiger partial charge in [-0.2, -0.15) is 0 Å². The molecule has 5 heteroatoms. The average molecular weight is 310 g/mol. The van der Waals surface area contributed by atoms with Gasteiger partial charge in [-0.1, -0.05) is 13.3 Å². The van der Waals surface area contributed by atoms with Gasteiger partial charge in [0.05, 0.1) is 23.9 Å². The molecule has 0 radical (unpaired) electrons. The third-order valence-electron chi connectivity index (χ3n) is 4.39. The summed E-state index contributed by atoms with van der Waals surface area (Å²) in [6.07, 6.45) is 6.05. The number of piperidine rings is 1. The zero-order valence-corrected chi connectivity index (χ0v) is 13.7. The molecule has 0 spiro atoms. The second-order valence-electron chi connectivity index (χ2n) is 6.06. The predicted octanol–water partition coefficient (Wildman–Crippen LogP) is 3.07. The van der Waals surface area contributed by atoms with Crippen LogP contribution in [0, 0.1) is 5.92 Å². The fourth-order valence-electron chi connectivity index (χ4n) is 3.13. The van der Waals surface area contributed by atoms with E-state index in [4.69, 9.17) is 14.5 Å². The summed E-state index contributed by atoms with van der Waals surface area (Å²) in [5, 5.41) is 3.54. The van der Waals surface area contributed by atoms with Crippen molar-refractivity contribution in [3.8, 4) is 0 Å². The van der Waals surface area contributed by atoms with E-state index < -0.39 is 0 Å². The Balaban J connectivity index is 1.43.